The molecule has 0 saturated heterocycles. The normalized spacial score (nSPS) is 14.4. The van der Waals surface area contributed by atoms with Gasteiger partial charge in [0, 0.05) is 23.2 Å². The zero-order chi connectivity index (χ0) is 30.9. The lowest BCUT2D eigenvalue weighted by molar-refractivity contribution is -0.139. The summed E-state index contributed by atoms with van der Waals surface area (Å²) in [6, 6.07) is 2.50. The zero-order valence-corrected chi connectivity index (χ0v) is 23.2. The molecule has 0 aliphatic carbocycles. The van der Waals surface area contributed by atoms with Crippen molar-refractivity contribution < 1.29 is 45.8 Å². The molecular weight excluding hydrogens is 613 g/mol. The first-order valence-corrected chi connectivity index (χ1v) is 13.2. The second-order valence-electron chi connectivity index (χ2n) is 9.57. The van der Waals surface area contributed by atoms with Crippen LogP contribution in [0.25, 0.3) is 11.1 Å². The molecule has 2 atom stereocenters. The number of aliphatic carboxylic acids is 1. The number of nitrogens with one attached hydrogen (secondary N) is 2. The summed E-state index contributed by atoms with van der Waals surface area (Å²) in [4.78, 5) is 24.8. The lowest BCUT2D eigenvalue weighted by Gasteiger charge is -2.25. The minimum absolute atomic E-state index is 0.0259. The Bertz CT molecular complexity index is 1500. The summed E-state index contributed by atoms with van der Waals surface area (Å²) in [5.74, 6) is -6.21. The molecule has 0 unspecified atom stereocenters. The molecule has 3 aromatic rings. The van der Waals surface area contributed by atoms with Crippen LogP contribution in [-0.4, -0.2) is 41.8 Å². The molecule has 0 radical (unpaired) electrons. The standard InChI is InChI=1S/C28H22Cl2F6N2O4/c1-12(28(34,35)36)37-15-10-20(32)24(21(33)11-15)26(39)38-22(27(40)41)7-13-4-5-17(25-16(13)3-2-6-42-25)23-18(29)8-14(31)9-19(23)30/h4-5,8-12,22,37H,2-3,6-7H2,1H3,(H,38,39)(H,40,41)/t12-,22+/m1/s1. The molecule has 0 aromatic heterocycles. The van der Waals surface area contributed by atoms with Crippen LogP contribution in [-0.2, 0) is 17.6 Å². The lowest BCUT2D eigenvalue weighted by atomic mass is 9.90. The van der Waals surface area contributed by atoms with E-state index in [0.717, 1.165) is 19.1 Å². The van der Waals surface area contributed by atoms with Crippen LogP contribution in [0.5, 0.6) is 5.75 Å². The molecule has 42 heavy (non-hydrogen) atoms. The Hall–Kier alpha value is -3.64. The number of fused-ring (bicyclic) bond motifs is 1. The topological polar surface area (TPSA) is 87.7 Å². The molecule has 0 saturated carbocycles. The van der Waals surface area contributed by atoms with Gasteiger partial charge in [-0.05, 0) is 55.2 Å². The summed E-state index contributed by atoms with van der Waals surface area (Å²) >= 11 is 12.5. The summed E-state index contributed by atoms with van der Waals surface area (Å²) < 4.78 is 87.4. The highest BCUT2D eigenvalue weighted by Crippen LogP contribution is 2.44. The van der Waals surface area contributed by atoms with Crippen LogP contribution < -0.4 is 15.4 Å². The number of carbonyl (C=O) groups is 2. The highest BCUT2D eigenvalue weighted by atomic mass is 35.5. The van der Waals surface area contributed by atoms with Crippen LogP contribution in [0.2, 0.25) is 10.0 Å². The Morgan fingerprint density at radius 3 is 2.24 bits per heavy atom. The van der Waals surface area contributed by atoms with Gasteiger partial charge in [0.15, 0.2) is 0 Å². The summed E-state index contributed by atoms with van der Waals surface area (Å²) in [6.45, 7) is 1.07. The van der Waals surface area contributed by atoms with Crippen molar-refractivity contribution >= 4 is 40.8 Å². The smallest absolute Gasteiger partial charge is 0.408 e. The van der Waals surface area contributed by atoms with Gasteiger partial charge < -0.3 is 20.5 Å². The number of benzene rings is 3. The maximum atomic E-state index is 14.7. The molecule has 0 bridgehead atoms. The minimum Gasteiger partial charge on any atom is -0.493 e. The number of alkyl halides is 3. The zero-order valence-electron chi connectivity index (χ0n) is 21.6. The van der Waals surface area contributed by atoms with Crippen LogP contribution >= 0.6 is 23.2 Å². The third-order valence-electron chi connectivity index (χ3n) is 6.62. The molecule has 3 N–H and O–H groups in total. The maximum Gasteiger partial charge on any atom is 0.408 e. The summed E-state index contributed by atoms with van der Waals surface area (Å²) in [5, 5.41) is 13.8. The van der Waals surface area contributed by atoms with Crippen molar-refractivity contribution in [1.29, 1.82) is 0 Å². The van der Waals surface area contributed by atoms with E-state index < -0.39 is 58.8 Å². The van der Waals surface area contributed by atoms with E-state index in [1.807, 2.05) is 5.32 Å². The largest absolute Gasteiger partial charge is 0.493 e. The van der Waals surface area contributed by atoms with Crippen LogP contribution in [0.4, 0.5) is 32.0 Å². The highest BCUT2D eigenvalue weighted by Gasteiger charge is 2.36. The van der Waals surface area contributed by atoms with Crippen LogP contribution in [0.3, 0.4) is 0 Å². The van der Waals surface area contributed by atoms with E-state index in [2.05, 4.69) is 5.32 Å². The Morgan fingerprint density at radius 1 is 1.05 bits per heavy atom. The van der Waals surface area contributed by atoms with Crippen molar-refractivity contribution in [2.24, 2.45) is 0 Å². The molecule has 0 fully saturated rings. The van der Waals surface area contributed by atoms with Crippen molar-refractivity contribution in [3.8, 4) is 16.9 Å². The average molecular weight is 635 g/mol. The number of carboxylic acids is 1. The third-order valence-corrected chi connectivity index (χ3v) is 7.22. The van der Waals surface area contributed by atoms with Crippen molar-refractivity contribution in [2.45, 2.75) is 44.4 Å². The first-order chi connectivity index (χ1) is 19.7. The van der Waals surface area contributed by atoms with E-state index in [1.165, 1.54) is 0 Å². The Morgan fingerprint density at radius 2 is 1.67 bits per heavy atom. The molecule has 1 heterocycles. The van der Waals surface area contributed by atoms with Crippen LogP contribution in [0.15, 0.2) is 36.4 Å². The fourth-order valence-corrected chi connectivity index (χ4v) is 5.24. The van der Waals surface area contributed by atoms with Crippen LogP contribution in [0, 0.1) is 17.5 Å². The first-order valence-electron chi connectivity index (χ1n) is 12.5. The van der Waals surface area contributed by atoms with Crippen molar-refractivity contribution in [3.63, 3.8) is 0 Å². The third kappa shape index (κ3) is 6.70. The molecule has 1 aliphatic heterocycles. The van der Waals surface area contributed by atoms with E-state index in [-0.39, 0.29) is 16.5 Å². The number of rotatable bonds is 8. The molecule has 1 amide bonds. The van der Waals surface area contributed by atoms with Gasteiger partial charge in [-0.2, -0.15) is 13.2 Å². The molecule has 6 nitrogen and oxygen atoms in total. The van der Waals surface area contributed by atoms with E-state index in [1.54, 1.807) is 12.1 Å². The molecule has 1 aliphatic rings. The number of carboxylic acid groups (broad SMARTS) is 1. The number of hydrogen-bond donors (Lipinski definition) is 3. The predicted octanol–water partition coefficient (Wildman–Crippen LogP) is 7.19. The van der Waals surface area contributed by atoms with Gasteiger partial charge in [0.2, 0.25) is 0 Å². The number of amides is 1. The summed E-state index contributed by atoms with van der Waals surface area (Å²) in [6.07, 6.45) is -3.99. The molecular formula is C28H22Cl2F6N2O4. The van der Waals surface area contributed by atoms with E-state index in [4.69, 9.17) is 27.9 Å². The molecule has 224 valence electrons. The monoisotopic (exact) mass is 634 g/mol. The fourth-order valence-electron chi connectivity index (χ4n) is 4.57. The molecule has 0 spiro atoms. The SMILES string of the molecule is C[C@@H](Nc1cc(F)c(C(=O)N[C@@H](Cc2ccc(-c3c(Cl)cc(F)cc3Cl)c3c2CCCO3)C(=O)O)c(F)c1)C(F)(F)F. The van der Waals surface area contributed by atoms with Gasteiger partial charge >= 0.3 is 12.1 Å². The molecule has 14 heteroatoms. The van der Waals surface area contributed by atoms with Gasteiger partial charge in [-0.15, -0.1) is 0 Å². The van der Waals surface area contributed by atoms with Gasteiger partial charge in [0.1, 0.15) is 40.8 Å². The second kappa shape index (κ2) is 12.3. The summed E-state index contributed by atoms with van der Waals surface area (Å²) in [7, 11) is 0. The van der Waals surface area contributed by atoms with Gasteiger partial charge in [0.05, 0.1) is 16.7 Å². The lowest BCUT2D eigenvalue weighted by Crippen LogP contribution is -2.43. The number of carbonyl (C=O) groups excluding carboxylic acids is 1. The quantitative estimate of drug-likeness (QED) is 0.228. The predicted molar refractivity (Wildman–Crippen MR) is 144 cm³/mol. The van der Waals surface area contributed by atoms with E-state index in [9.17, 15) is 41.0 Å². The van der Waals surface area contributed by atoms with Crippen LogP contribution in [0.1, 0.15) is 34.8 Å². The number of anilines is 1. The Kier molecular flexibility index (Phi) is 9.17. The minimum atomic E-state index is -4.70. The van der Waals surface area contributed by atoms with Crippen molar-refractivity contribution in [3.05, 3.63) is 80.6 Å². The Balaban J connectivity index is 1.62. The fraction of sp³-hybridized carbons (Fsp3) is 0.286. The molecule has 3 aromatic carbocycles. The van der Waals surface area contributed by atoms with Gasteiger partial charge in [-0.3, -0.25) is 4.79 Å². The number of ether oxygens (including phenoxy) is 1. The average Bonchev–Trinajstić information content (AvgIpc) is 2.87. The van der Waals surface area contributed by atoms with Crippen molar-refractivity contribution in [2.75, 3.05) is 11.9 Å². The van der Waals surface area contributed by atoms with Crippen molar-refractivity contribution in [1.82, 2.24) is 5.32 Å². The first kappa shape index (κ1) is 31.3. The summed E-state index contributed by atoms with van der Waals surface area (Å²) in [5.41, 5.74) is 0.0551. The maximum absolute atomic E-state index is 14.7. The Labute approximate surface area is 245 Å². The second-order valence-corrected chi connectivity index (χ2v) is 10.4. The van der Waals surface area contributed by atoms with Gasteiger partial charge in [0.25, 0.3) is 5.91 Å². The molecule has 4 rings (SSSR count). The number of halogens is 8. The van der Waals surface area contributed by atoms with Gasteiger partial charge in [-0.25, -0.2) is 18.0 Å². The van der Waals surface area contributed by atoms with E-state index >= 15 is 0 Å². The van der Waals surface area contributed by atoms with Gasteiger partial charge in [-0.1, -0.05) is 35.3 Å². The highest BCUT2D eigenvalue weighted by molar-refractivity contribution is 6.39. The van der Waals surface area contributed by atoms with E-state index in [0.29, 0.717) is 59.6 Å². The number of hydrogen-bond acceptors (Lipinski definition) is 4.